The number of carbonyl (C=O) groups excluding carboxylic acids is 1. The van der Waals surface area contributed by atoms with E-state index in [9.17, 15) is 4.79 Å². The number of carbonyl (C=O) groups is 1. The minimum absolute atomic E-state index is 0.0859. The van der Waals surface area contributed by atoms with Crippen LogP contribution in [0.15, 0.2) is 12.1 Å². The zero-order chi connectivity index (χ0) is 14.9. The quantitative estimate of drug-likeness (QED) is 0.897. The standard InChI is InChI=1S/C14H18Cl2N2O2/c1-8-11(15)4-10(5-12(8)16)14(20)18-6-9(2-3-19)13(17)7-18/h4-5,9,13,19H,2-3,6-7,17H2,1H3. The van der Waals surface area contributed by atoms with Crippen LogP contribution in [0.4, 0.5) is 0 Å². The van der Waals surface area contributed by atoms with E-state index in [4.69, 9.17) is 34.0 Å². The predicted octanol–water partition coefficient (Wildman–Crippen LogP) is 2.08. The van der Waals surface area contributed by atoms with Crippen molar-refractivity contribution < 1.29 is 9.90 Å². The number of amides is 1. The fourth-order valence-corrected chi connectivity index (χ4v) is 2.97. The Bertz CT molecular complexity index is 499. The van der Waals surface area contributed by atoms with Gasteiger partial charge in [-0.15, -0.1) is 0 Å². The van der Waals surface area contributed by atoms with Crippen molar-refractivity contribution in [2.75, 3.05) is 19.7 Å². The van der Waals surface area contributed by atoms with Crippen LogP contribution in [0.25, 0.3) is 0 Å². The first kappa shape index (κ1) is 15.6. The van der Waals surface area contributed by atoms with Crippen LogP contribution >= 0.6 is 23.2 Å². The molecule has 20 heavy (non-hydrogen) atoms. The zero-order valence-corrected chi connectivity index (χ0v) is 12.8. The van der Waals surface area contributed by atoms with E-state index in [0.29, 0.717) is 35.1 Å². The van der Waals surface area contributed by atoms with Crippen LogP contribution in [-0.2, 0) is 0 Å². The summed E-state index contributed by atoms with van der Waals surface area (Å²) >= 11 is 12.1. The number of aliphatic hydroxyl groups excluding tert-OH is 1. The smallest absolute Gasteiger partial charge is 0.254 e. The second-order valence-corrected chi connectivity index (χ2v) is 6.03. The van der Waals surface area contributed by atoms with E-state index < -0.39 is 0 Å². The Morgan fingerprint density at radius 1 is 1.40 bits per heavy atom. The zero-order valence-electron chi connectivity index (χ0n) is 11.3. The minimum Gasteiger partial charge on any atom is -0.396 e. The van der Waals surface area contributed by atoms with Gasteiger partial charge in [-0.3, -0.25) is 4.79 Å². The lowest BCUT2D eigenvalue weighted by Crippen LogP contribution is -2.32. The molecule has 2 unspecified atom stereocenters. The molecule has 2 atom stereocenters. The summed E-state index contributed by atoms with van der Waals surface area (Å²) in [5, 5.41) is 9.96. The minimum atomic E-state index is -0.121. The summed E-state index contributed by atoms with van der Waals surface area (Å²) in [6, 6.07) is 3.17. The lowest BCUT2D eigenvalue weighted by atomic mass is 10.0. The first-order valence-corrected chi connectivity index (χ1v) is 7.31. The maximum absolute atomic E-state index is 12.4. The van der Waals surface area contributed by atoms with Crippen LogP contribution in [0.5, 0.6) is 0 Å². The van der Waals surface area contributed by atoms with Crippen LogP contribution in [0.1, 0.15) is 22.3 Å². The maximum Gasteiger partial charge on any atom is 0.254 e. The topological polar surface area (TPSA) is 66.6 Å². The van der Waals surface area contributed by atoms with Crippen molar-refractivity contribution in [3.05, 3.63) is 33.3 Å². The Morgan fingerprint density at radius 3 is 2.55 bits per heavy atom. The summed E-state index contributed by atoms with van der Waals surface area (Å²) in [5.74, 6) is 0.0185. The van der Waals surface area contributed by atoms with Crippen molar-refractivity contribution >= 4 is 29.1 Å². The average molecular weight is 317 g/mol. The SMILES string of the molecule is Cc1c(Cl)cc(C(=O)N2CC(N)C(CCO)C2)cc1Cl. The van der Waals surface area contributed by atoms with Gasteiger partial charge in [0.1, 0.15) is 0 Å². The van der Waals surface area contributed by atoms with Gasteiger partial charge in [0.05, 0.1) is 0 Å². The first-order valence-electron chi connectivity index (χ1n) is 6.55. The molecule has 0 spiro atoms. The van der Waals surface area contributed by atoms with Crippen LogP contribution < -0.4 is 5.73 Å². The van der Waals surface area contributed by atoms with Gasteiger partial charge in [0.2, 0.25) is 0 Å². The van der Waals surface area contributed by atoms with Crippen molar-refractivity contribution in [1.29, 1.82) is 0 Å². The molecule has 0 aliphatic carbocycles. The van der Waals surface area contributed by atoms with E-state index in [2.05, 4.69) is 0 Å². The largest absolute Gasteiger partial charge is 0.396 e. The van der Waals surface area contributed by atoms with E-state index in [1.807, 2.05) is 6.92 Å². The molecule has 0 bridgehead atoms. The molecule has 2 rings (SSSR count). The highest BCUT2D eigenvalue weighted by Crippen LogP contribution is 2.27. The summed E-state index contributed by atoms with van der Waals surface area (Å²) < 4.78 is 0. The summed E-state index contributed by atoms with van der Waals surface area (Å²) in [6.45, 7) is 2.95. The highest BCUT2D eigenvalue weighted by molar-refractivity contribution is 6.36. The third-order valence-electron chi connectivity index (χ3n) is 3.81. The van der Waals surface area contributed by atoms with Gasteiger partial charge in [0, 0.05) is 41.3 Å². The van der Waals surface area contributed by atoms with Gasteiger partial charge in [-0.05, 0) is 37.0 Å². The molecule has 1 fully saturated rings. The molecule has 0 radical (unpaired) electrons. The summed E-state index contributed by atoms with van der Waals surface area (Å²) in [4.78, 5) is 14.1. The molecule has 1 aliphatic rings. The van der Waals surface area contributed by atoms with Crippen molar-refractivity contribution in [2.24, 2.45) is 11.7 Å². The van der Waals surface area contributed by atoms with Gasteiger partial charge < -0.3 is 15.7 Å². The molecule has 1 heterocycles. The summed E-state index contributed by atoms with van der Waals surface area (Å²) in [7, 11) is 0. The van der Waals surface area contributed by atoms with Gasteiger partial charge in [-0.2, -0.15) is 0 Å². The highest BCUT2D eigenvalue weighted by atomic mass is 35.5. The molecule has 3 N–H and O–H groups in total. The average Bonchev–Trinajstić information content (AvgIpc) is 2.76. The number of aliphatic hydroxyl groups is 1. The van der Waals surface area contributed by atoms with Crippen molar-refractivity contribution in [2.45, 2.75) is 19.4 Å². The number of hydrogen-bond donors (Lipinski definition) is 2. The molecule has 1 aromatic rings. The van der Waals surface area contributed by atoms with Crippen molar-refractivity contribution in [3.8, 4) is 0 Å². The predicted molar refractivity (Wildman–Crippen MR) is 80.3 cm³/mol. The molecular formula is C14H18Cl2N2O2. The Labute approximate surface area is 128 Å². The fourth-order valence-electron chi connectivity index (χ4n) is 2.48. The van der Waals surface area contributed by atoms with Crippen LogP contribution in [0.3, 0.4) is 0 Å². The van der Waals surface area contributed by atoms with Gasteiger partial charge in [0.25, 0.3) is 5.91 Å². The molecule has 1 saturated heterocycles. The van der Waals surface area contributed by atoms with Gasteiger partial charge in [-0.25, -0.2) is 0 Å². The molecule has 1 aromatic carbocycles. The molecular weight excluding hydrogens is 299 g/mol. The van der Waals surface area contributed by atoms with E-state index in [-0.39, 0.29) is 24.5 Å². The molecule has 1 amide bonds. The second kappa shape index (κ2) is 6.31. The Hall–Kier alpha value is -0.810. The number of rotatable bonds is 3. The maximum atomic E-state index is 12.4. The molecule has 110 valence electrons. The second-order valence-electron chi connectivity index (χ2n) is 5.21. The molecule has 1 aliphatic heterocycles. The van der Waals surface area contributed by atoms with Crippen LogP contribution in [0, 0.1) is 12.8 Å². The highest BCUT2D eigenvalue weighted by Gasteiger charge is 2.33. The van der Waals surface area contributed by atoms with Gasteiger partial charge in [0.15, 0.2) is 0 Å². The van der Waals surface area contributed by atoms with Crippen molar-refractivity contribution in [3.63, 3.8) is 0 Å². The first-order chi connectivity index (χ1) is 9.43. The number of halogens is 2. The fraction of sp³-hybridized carbons (Fsp3) is 0.500. The van der Waals surface area contributed by atoms with Crippen molar-refractivity contribution in [1.82, 2.24) is 4.90 Å². The number of nitrogens with zero attached hydrogens (tertiary/aromatic N) is 1. The van der Waals surface area contributed by atoms with E-state index in [0.717, 1.165) is 5.56 Å². The molecule has 4 nitrogen and oxygen atoms in total. The normalized spacial score (nSPS) is 22.4. The number of likely N-dealkylation sites (tertiary alicyclic amines) is 1. The number of nitrogens with two attached hydrogens (primary N) is 1. The lowest BCUT2D eigenvalue weighted by Gasteiger charge is -2.17. The van der Waals surface area contributed by atoms with Gasteiger partial charge >= 0.3 is 0 Å². The Balaban J connectivity index is 2.17. The summed E-state index contributed by atoms with van der Waals surface area (Å²) in [5.41, 5.74) is 7.24. The van der Waals surface area contributed by atoms with Crippen LogP contribution in [-0.4, -0.2) is 41.7 Å². The lowest BCUT2D eigenvalue weighted by molar-refractivity contribution is 0.0784. The molecule has 0 saturated carbocycles. The number of benzene rings is 1. The monoisotopic (exact) mass is 316 g/mol. The summed E-state index contributed by atoms with van der Waals surface area (Å²) in [6.07, 6.45) is 0.611. The van der Waals surface area contributed by atoms with Gasteiger partial charge in [-0.1, -0.05) is 23.2 Å². The third kappa shape index (κ3) is 3.09. The van der Waals surface area contributed by atoms with E-state index >= 15 is 0 Å². The molecule has 6 heteroatoms. The Kier molecular flexibility index (Phi) is 4.91. The number of hydrogen-bond acceptors (Lipinski definition) is 3. The van der Waals surface area contributed by atoms with Crippen LogP contribution in [0.2, 0.25) is 10.0 Å². The van der Waals surface area contributed by atoms with E-state index in [1.165, 1.54) is 0 Å². The van der Waals surface area contributed by atoms with E-state index in [1.54, 1.807) is 17.0 Å². The molecule has 0 aromatic heterocycles. The Morgan fingerprint density at radius 2 is 2.00 bits per heavy atom. The third-order valence-corrected chi connectivity index (χ3v) is 4.59.